The fraction of sp³-hybridized carbons (Fsp3) is 0.353. The SMILES string of the molecule is CN1CCN(CCCN(Cc2csc(-c3ccc(CNCc4ccccc4)cc3)n2)S(=O)(=O)c2ccc(F)cc2)CC1.O=C(O)C(F)(F)F. The molecular formula is C34H39F4N5O4S2. The molecule has 1 fully saturated rings. The topological polar surface area (TPSA) is 106 Å². The number of rotatable bonds is 13. The minimum absolute atomic E-state index is 0.0930. The van der Waals surface area contributed by atoms with Crippen LogP contribution in [0.5, 0.6) is 0 Å². The molecule has 264 valence electrons. The molecule has 0 radical (unpaired) electrons. The third-order valence-corrected chi connectivity index (χ3v) is 10.6. The highest BCUT2D eigenvalue weighted by Crippen LogP contribution is 2.26. The largest absolute Gasteiger partial charge is 0.490 e. The lowest BCUT2D eigenvalue weighted by atomic mass is 10.1. The average molecular weight is 722 g/mol. The van der Waals surface area contributed by atoms with Crippen LogP contribution in [0.4, 0.5) is 17.6 Å². The van der Waals surface area contributed by atoms with Crippen molar-refractivity contribution < 1.29 is 35.9 Å². The maximum Gasteiger partial charge on any atom is 0.490 e. The van der Waals surface area contributed by atoms with Crippen LogP contribution in [0.25, 0.3) is 10.6 Å². The van der Waals surface area contributed by atoms with Crippen LogP contribution < -0.4 is 5.32 Å². The van der Waals surface area contributed by atoms with E-state index in [2.05, 4.69) is 58.6 Å². The van der Waals surface area contributed by atoms with E-state index in [4.69, 9.17) is 14.9 Å². The van der Waals surface area contributed by atoms with Gasteiger partial charge in [-0.05, 0) is 55.4 Å². The van der Waals surface area contributed by atoms with E-state index in [0.29, 0.717) is 18.7 Å². The van der Waals surface area contributed by atoms with Gasteiger partial charge in [0.1, 0.15) is 10.8 Å². The van der Waals surface area contributed by atoms with Crippen molar-refractivity contribution in [3.63, 3.8) is 0 Å². The number of hydrogen-bond acceptors (Lipinski definition) is 8. The predicted molar refractivity (Wildman–Crippen MR) is 181 cm³/mol. The van der Waals surface area contributed by atoms with Crippen molar-refractivity contribution in [2.45, 2.75) is 37.1 Å². The van der Waals surface area contributed by atoms with Crippen LogP contribution in [0.15, 0.2) is 89.1 Å². The molecule has 2 heterocycles. The van der Waals surface area contributed by atoms with Gasteiger partial charge in [0.15, 0.2) is 0 Å². The number of piperazine rings is 1. The Morgan fingerprint density at radius 2 is 1.53 bits per heavy atom. The maximum atomic E-state index is 13.6. The molecular weight excluding hydrogens is 683 g/mol. The Balaban J connectivity index is 0.000000698. The smallest absolute Gasteiger partial charge is 0.475 e. The van der Waals surface area contributed by atoms with Crippen LogP contribution in [0, 0.1) is 5.82 Å². The van der Waals surface area contributed by atoms with Crippen molar-refractivity contribution in [2.75, 3.05) is 46.3 Å². The molecule has 0 atom stereocenters. The van der Waals surface area contributed by atoms with E-state index in [9.17, 15) is 26.0 Å². The van der Waals surface area contributed by atoms with Gasteiger partial charge in [0, 0.05) is 56.8 Å². The molecule has 49 heavy (non-hydrogen) atoms. The molecule has 0 unspecified atom stereocenters. The number of carboxylic acid groups (broad SMARTS) is 1. The highest BCUT2D eigenvalue weighted by molar-refractivity contribution is 7.89. The molecule has 1 aromatic heterocycles. The molecule has 0 aliphatic carbocycles. The van der Waals surface area contributed by atoms with Crippen molar-refractivity contribution in [1.29, 1.82) is 0 Å². The summed E-state index contributed by atoms with van der Waals surface area (Å²) in [6, 6.07) is 23.7. The van der Waals surface area contributed by atoms with Crippen LogP contribution in [0.1, 0.15) is 23.2 Å². The second-order valence-corrected chi connectivity index (χ2v) is 14.3. The van der Waals surface area contributed by atoms with Crippen molar-refractivity contribution in [3.05, 3.63) is 107 Å². The minimum Gasteiger partial charge on any atom is -0.475 e. The minimum atomic E-state index is -5.08. The van der Waals surface area contributed by atoms with Gasteiger partial charge in [0.25, 0.3) is 0 Å². The monoisotopic (exact) mass is 721 g/mol. The average Bonchev–Trinajstić information content (AvgIpc) is 3.55. The van der Waals surface area contributed by atoms with Gasteiger partial charge >= 0.3 is 12.1 Å². The van der Waals surface area contributed by atoms with Crippen LogP contribution >= 0.6 is 11.3 Å². The number of alkyl halides is 3. The quantitative estimate of drug-likeness (QED) is 0.170. The van der Waals surface area contributed by atoms with Crippen molar-refractivity contribution >= 4 is 27.3 Å². The highest BCUT2D eigenvalue weighted by atomic mass is 32.2. The zero-order valence-electron chi connectivity index (χ0n) is 26.9. The summed E-state index contributed by atoms with van der Waals surface area (Å²) < 4.78 is 74.0. The van der Waals surface area contributed by atoms with Crippen LogP contribution in [0.2, 0.25) is 0 Å². The zero-order chi connectivity index (χ0) is 35.4. The number of sulfonamides is 1. The van der Waals surface area contributed by atoms with Crippen molar-refractivity contribution in [1.82, 2.24) is 24.4 Å². The van der Waals surface area contributed by atoms with E-state index < -0.39 is 28.0 Å². The summed E-state index contributed by atoms with van der Waals surface area (Å²) in [5.41, 5.74) is 4.14. The van der Waals surface area contributed by atoms with Gasteiger partial charge in [-0.3, -0.25) is 0 Å². The normalized spacial score (nSPS) is 14.4. The number of aliphatic carboxylic acids is 1. The first-order valence-corrected chi connectivity index (χ1v) is 17.9. The van der Waals surface area contributed by atoms with Gasteiger partial charge in [0.2, 0.25) is 10.0 Å². The molecule has 0 spiro atoms. The molecule has 0 amide bonds. The number of hydrogen-bond donors (Lipinski definition) is 2. The number of nitrogens with one attached hydrogen (secondary N) is 1. The van der Waals surface area contributed by atoms with Gasteiger partial charge < -0.3 is 20.2 Å². The van der Waals surface area contributed by atoms with Crippen LogP contribution in [-0.2, 0) is 34.5 Å². The van der Waals surface area contributed by atoms with Gasteiger partial charge in [-0.2, -0.15) is 17.5 Å². The number of benzene rings is 3. The lowest BCUT2D eigenvalue weighted by molar-refractivity contribution is -0.192. The fourth-order valence-electron chi connectivity index (χ4n) is 4.99. The fourth-order valence-corrected chi connectivity index (χ4v) is 7.25. The van der Waals surface area contributed by atoms with Gasteiger partial charge in [-0.1, -0.05) is 54.6 Å². The molecule has 15 heteroatoms. The molecule has 0 bridgehead atoms. The van der Waals surface area contributed by atoms with Gasteiger partial charge in [-0.15, -0.1) is 11.3 Å². The molecule has 1 aliphatic heterocycles. The molecule has 4 aromatic rings. The molecule has 1 saturated heterocycles. The van der Waals surface area contributed by atoms with E-state index in [1.165, 1.54) is 51.0 Å². The maximum absolute atomic E-state index is 13.6. The van der Waals surface area contributed by atoms with Crippen molar-refractivity contribution in [3.8, 4) is 10.6 Å². The molecule has 1 aliphatic rings. The standard InChI is InChI=1S/C32H38FN5O2S2.C2HF3O2/c1-36-18-20-37(21-19-36)16-5-17-38(42(39,40)31-14-12-29(33)13-15-31)24-30-25-41-32(35-30)28-10-8-27(9-11-28)23-34-22-26-6-3-2-4-7-26;3-2(4,5)1(6)7/h2-4,6-15,25,34H,5,16-24H2,1H3;(H,6,7). The predicted octanol–water partition coefficient (Wildman–Crippen LogP) is 5.70. The summed E-state index contributed by atoms with van der Waals surface area (Å²) >= 11 is 1.51. The second kappa shape index (κ2) is 17.8. The number of halogens is 4. The van der Waals surface area contributed by atoms with E-state index in [1.807, 2.05) is 23.6 Å². The van der Waals surface area contributed by atoms with Gasteiger partial charge in [0.05, 0.1) is 17.1 Å². The summed E-state index contributed by atoms with van der Waals surface area (Å²) in [7, 11) is -1.70. The van der Waals surface area contributed by atoms with Crippen molar-refractivity contribution in [2.24, 2.45) is 0 Å². The van der Waals surface area contributed by atoms with E-state index in [0.717, 1.165) is 56.4 Å². The summed E-state index contributed by atoms with van der Waals surface area (Å²) in [5, 5.41) is 13.4. The Kier molecular flexibility index (Phi) is 13.8. The van der Waals surface area contributed by atoms with Crippen LogP contribution in [0.3, 0.4) is 0 Å². The Morgan fingerprint density at radius 3 is 2.12 bits per heavy atom. The Hall–Kier alpha value is -3.73. The third kappa shape index (κ3) is 12.0. The molecule has 9 nitrogen and oxygen atoms in total. The zero-order valence-corrected chi connectivity index (χ0v) is 28.6. The number of carboxylic acids is 1. The number of thiazole rings is 1. The Labute approximate surface area is 287 Å². The lowest BCUT2D eigenvalue weighted by Gasteiger charge is -2.32. The summed E-state index contributed by atoms with van der Waals surface area (Å²) in [4.78, 5) is 18.5. The lowest BCUT2D eigenvalue weighted by Crippen LogP contribution is -2.45. The van der Waals surface area contributed by atoms with Gasteiger partial charge in [-0.25, -0.2) is 22.6 Å². The molecule has 3 aromatic carbocycles. The number of likely N-dealkylation sites (N-methyl/N-ethyl adjacent to an activating group) is 1. The van der Waals surface area contributed by atoms with E-state index >= 15 is 0 Å². The first kappa shape index (κ1) is 38.1. The van der Waals surface area contributed by atoms with E-state index in [1.54, 1.807) is 0 Å². The number of carbonyl (C=O) groups is 1. The number of nitrogens with zero attached hydrogens (tertiary/aromatic N) is 4. The van der Waals surface area contributed by atoms with E-state index in [-0.39, 0.29) is 11.4 Å². The van der Waals surface area contributed by atoms with Crippen LogP contribution in [-0.4, -0.2) is 91.1 Å². The Morgan fingerprint density at radius 1 is 0.939 bits per heavy atom. The molecule has 5 rings (SSSR count). The summed E-state index contributed by atoms with van der Waals surface area (Å²) in [6.07, 6.45) is -4.37. The summed E-state index contributed by atoms with van der Waals surface area (Å²) in [6.45, 7) is 6.95. The Bertz CT molecular complexity index is 1710. The number of aromatic nitrogens is 1. The first-order chi connectivity index (χ1) is 23.3. The first-order valence-electron chi connectivity index (χ1n) is 15.6. The highest BCUT2D eigenvalue weighted by Gasteiger charge is 2.38. The second-order valence-electron chi connectivity index (χ2n) is 11.5. The third-order valence-electron chi connectivity index (χ3n) is 7.76. The molecule has 0 saturated carbocycles. The molecule has 2 N–H and O–H groups in total. The summed E-state index contributed by atoms with van der Waals surface area (Å²) in [5.74, 6) is -3.22.